The van der Waals surface area contributed by atoms with Gasteiger partial charge in [0.25, 0.3) is 0 Å². The molecular formula is C19H22FNO4S. The second kappa shape index (κ2) is 8.03. The highest BCUT2D eigenvalue weighted by atomic mass is 32.2. The van der Waals surface area contributed by atoms with Gasteiger partial charge in [0.2, 0.25) is 5.88 Å². The Morgan fingerprint density at radius 3 is 2.85 bits per heavy atom. The molecule has 0 N–H and O–H groups in total. The molecule has 7 heteroatoms. The van der Waals surface area contributed by atoms with Crippen molar-refractivity contribution < 1.29 is 22.3 Å². The van der Waals surface area contributed by atoms with E-state index >= 15 is 0 Å². The lowest BCUT2D eigenvalue weighted by atomic mass is 10.1. The molecule has 2 aromatic rings. The van der Waals surface area contributed by atoms with Crippen LogP contribution in [0.3, 0.4) is 0 Å². The van der Waals surface area contributed by atoms with Crippen molar-refractivity contribution >= 4 is 9.84 Å². The van der Waals surface area contributed by atoms with Gasteiger partial charge < -0.3 is 9.47 Å². The third kappa shape index (κ3) is 4.72. The number of hydrogen-bond donors (Lipinski definition) is 0. The molecule has 3 rings (SSSR count). The van der Waals surface area contributed by atoms with Gasteiger partial charge in [0.15, 0.2) is 9.84 Å². The van der Waals surface area contributed by atoms with Gasteiger partial charge in [-0.05, 0) is 55.5 Å². The number of rotatable bonds is 7. The lowest BCUT2D eigenvalue weighted by Gasteiger charge is -2.12. The normalized spacial score (nSPS) is 18.6. The van der Waals surface area contributed by atoms with Crippen molar-refractivity contribution in [2.75, 3.05) is 24.7 Å². The maximum Gasteiger partial charge on any atom is 0.221 e. The highest BCUT2D eigenvalue weighted by Crippen LogP contribution is 2.31. The quantitative estimate of drug-likeness (QED) is 0.737. The second-order valence-corrected chi connectivity index (χ2v) is 8.60. The summed E-state index contributed by atoms with van der Waals surface area (Å²) in [4.78, 5) is 4.19. The van der Waals surface area contributed by atoms with Crippen LogP contribution >= 0.6 is 0 Å². The molecule has 0 amide bonds. The van der Waals surface area contributed by atoms with E-state index in [1.807, 2.05) is 13.0 Å². The predicted octanol–water partition coefficient (Wildman–Crippen LogP) is 3.49. The molecule has 26 heavy (non-hydrogen) atoms. The minimum Gasteiger partial charge on any atom is -0.493 e. The number of aromatic nitrogens is 1. The van der Waals surface area contributed by atoms with Crippen LogP contribution in [0, 0.1) is 11.7 Å². The Balaban J connectivity index is 1.70. The molecular weight excluding hydrogens is 357 g/mol. The van der Waals surface area contributed by atoms with Crippen LogP contribution < -0.4 is 9.47 Å². The van der Waals surface area contributed by atoms with Crippen molar-refractivity contribution in [3.63, 3.8) is 0 Å². The molecule has 2 heterocycles. The van der Waals surface area contributed by atoms with E-state index in [0.29, 0.717) is 48.8 Å². The molecule has 0 spiro atoms. The highest BCUT2D eigenvalue weighted by molar-refractivity contribution is 7.91. The minimum atomic E-state index is -2.89. The molecule has 1 unspecified atom stereocenters. The second-order valence-electron chi connectivity index (χ2n) is 6.37. The van der Waals surface area contributed by atoms with Crippen LogP contribution in [0.4, 0.5) is 4.39 Å². The number of sulfone groups is 1. The Morgan fingerprint density at radius 1 is 1.27 bits per heavy atom. The largest absolute Gasteiger partial charge is 0.493 e. The van der Waals surface area contributed by atoms with E-state index in [9.17, 15) is 12.8 Å². The number of halogens is 1. The van der Waals surface area contributed by atoms with Crippen LogP contribution in [0.5, 0.6) is 11.6 Å². The van der Waals surface area contributed by atoms with Crippen LogP contribution in [0.2, 0.25) is 0 Å². The smallest absolute Gasteiger partial charge is 0.221 e. The van der Waals surface area contributed by atoms with E-state index in [1.165, 1.54) is 12.1 Å². The van der Waals surface area contributed by atoms with Gasteiger partial charge in [0.05, 0.1) is 24.7 Å². The van der Waals surface area contributed by atoms with Crippen molar-refractivity contribution in [1.29, 1.82) is 0 Å². The Kier molecular flexibility index (Phi) is 5.76. The highest BCUT2D eigenvalue weighted by Gasteiger charge is 2.27. The lowest BCUT2D eigenvalue weighted by Crippen LogP contribution is -2.09. The average Bonchev–Trinajstić information content (AvgIpc) is 2.94. The van der Waals surface area contributed by atoms with Gasteiger partial charge in [-0.25, -0.2) is 17.8 Å². The molecule has 1 fully saturated rings. The summed E-state index contributed by atoms with van der Waals surface area (Å²) in [6, 6.07) is 8.07. The van der Waals surface area contributed by atoms with Crippen LogP contribution in [0.1, 0.15) is 19.8 Å². The number of ether oxygens (including phenoxy) is 2. The van der Waals surface area contributed by atoms with Gasteiger partial charge in [-0.2, -0.15) is 0 Å². The first-order valence-corrected chi connectivity index (χ1v) is 10.5. The van der Waals surface area contributed by atoms with Gasteiger partial charge in [-0.1, -0.05) is 0 Å². The molecule has 1 saturated heterocycles. The molecule has 5 nitrogen and oxygen atoms in total. The Hall–Kier alpha value is -2.15. The maximum absolute atomic E-state index is 14.0. The fourth-order valence-corrected chi connectivity index (χ4v) is 5.02. The van der Waals surface area contributed by atoms with Crippen molar-refractivity contribution in [3.8, 4) is 22.8 Å². The summed E-state index contributed by atoms with van der Waals surface area (Å²) in [5.74, 6) is 1.04. The summed E-state index contributed by atoms with van der Waals surface area (Å²) in [6.07, 6.45) is 2.94. The monoisotopic (exact) mass is 379 g/mol. The van der Waals surface area contributed by atoms with E-state index in [2.05, 4.69) is 4.98 Å². The molecule has 140 valence electrons. The molecule has 1 aromatic carbocycles. The molecule has 1 aromatic heterocycles. The average molecular weight is 379 g/mol. The van der Waals surface area contributed by atoms with E-state index in [1.54, 1.807) is 18.3 Å². The zero-order valence-corrected chi connectivity index (χ0v) is 15.5. The predicted molar refractivity (Wildman–Crippen MR) is 97.7 cm³/mol. The third-order valence-electron chi connectivity index (χ3n) is 4.36. The fourth-order valence-electron chi connectivity index (χ4n) is 3.11. The van der Waals surface area contributed by atoms with Gasteiger partial charge in [-0.15, -0.1) is 0 Å². The van der Waals surface area contributed by atoms with Gasteiger partial charge in [0, 0.05) is 17.8 Å². The summed E-state index contributed by atoms with van der Waals surface area (Å²) in [5, 5.41) is 0. The molecule has 1 aliphatic rings. The van der Waals surface area contributed by atoms with E-state index in [4.69, 9.17) is 9.47 Å². The Bertz CT molecular complexity index is 870. The number of nitrogens with zero attached hydrogens (tertiary/aromatic N) is 1. The van der Waals surface area contributed by atoms with Gasteiger partial charge >= 0.3 is 0 Å². The minimum absolute atomic E-state index is 0.121. The standard InChI is InChI=1S/C19H22FNO4S/c1-2-24-19-18(4-3-7-21-19)15-10-16(20)12-17(11-15)25-8-5-14-6-9-26(22,23)13-14/h3-4,7,10-12,14H,2,5-6,8-9,13H2,1H3. The lowest BCUT2D eigenvalue weighted by molar-refractivity contribution is 0.284. The van der Waals surface area contributed by atoms with Crippen molar-refractivity contribution in [1.82, 2.24) is 4.98 Å². The third-order valence-corrected chi connectivity index (χ3v) is 6.19. The van der Waals surface area contributed by atoms with Gasteiger partial charge in [-0.3, -0.25) is 0 Å². The number of benzene rings is 1. The molecule has 0 radical (unpaired) electrons. The maximum atomic E-state index is 14.0. The van der Waals surface area contributed by atoms with Crippen molar-refractivity contribution in [2.45, 2.75) is 19.8 Å². The molecule has 1 aliphatic heterocycles. The van der Waals surface area contributed by atoms with Crippen LogP contribution in [0.15, 0.2) is 36.5 Å². The van der Waals surface area contributed by atoms with E-state index in [-0.39, 0.29) is 17.4 Å². The first-order valence-electron chi connectivity index (χ1n) is 8.69. The summed E-state index contributed by atoms with van der Waals surface area (Å²) < 4.78 is 48.2. The molecule has 0 aliphatic carbocycles. The van der Waals surface area contributed by atoms with Gasteiger partial charge in [0.1, 0.15) is 11.6 Å². The van der Waals surface area contributed by atoms with E-state index < -0.39 is 15.7 Å². The summed E-state index contributed by atoms with van der Waals surface area (Å²) >= 11 is 0. The summed E-state index contributed by atoms with van der Waals surface area (Å²) in [6.45, 7) is 2.68. The zero-order chi connectivity index (χ0) is 18.6. The molecule has 0 bridgehead atoms. The number of pyridine rings is 1. The van der Waals surface area contributed by atoms with Crippen molar-refractivity contribution in [2.24, 2.45) is 5.92 Å². The Morgan fingerprint density at radius 2 is 2.12 bits per heavy atom. The number of hydrogen-bond acceptors (Lipinski definition) is 5. The summed E-state index contributed by atoms with van der Waals surface area (Å²) in [5.41, 5.74) is 1.32. The van der Waals surface area contributed by atoms with Crippen LogP contribution in [0.25, 0.3) is 11.1 Å². The molecule has 1 atom stereocenters. The SMILES string of the molecule is CCOc1ncccc1-c1cc(F)cc(OCCC2CCS(=O)(=O)C2)c1. The first-order chi connectivity index (χ1) is 12.5. The fraction of sp³-hybridized carbons (Fsp3) is 0.421. The molecule has 0 saturated carbocycles. The zero-order valence-electron chi connectivity index (χ0n) is 14.7. The topological polar surface area (TPSA) is 65.5 Å². The summed E-state index contributed by atoms with van der Waals surface area (Å²) in [7, 11) is -2.89. The van der Waals surface area contributed by atoms with Crippen LogP contribution in [-0.2, 0) is 9.84 Å². The van der Waals surface area contributed by atoms with Crippen LogP contribution in [-0.4, -0.2) is 38.1 Å². The van der Waals surface area contributed by atoms with Crippen molar-refractivity contribution in [3.05, 3.63) is 42.3 Å². The first kappa shape index (κ1) is 18.6. The van der Waals surface area contributed by atoms with E-state index in [0.717, 1.165) is 0 Å². The Labute approximate surface area is 153 Å².